The van der Waals surface area contributed by atoms with Crippen molar-refractivity contribution in [2.75, 3.05) is 0 Å². The van der Waals surface area contributed by atoms with E-state index < -0.39 is 0 Å². The van der Waals surface area contributed by atoms with Crippen molar-refractivity contribution in [3.05, 3.63) is 218 Å². The first-order valence-electron chi connectivity index (χ1n) is 21.6. The van der Waals surface area contributed by atoms with Crippen LogP contribution < -0.4 is 0 Å². The van der Waals surface area contributed by atoms with E-state index in [0.717, 1.165) is 60.9 Å². The Kier molecular flexibility index (Phi) is 8.36. The van der Waals surface area contributed by atoms with Gasteiger partial charge in [0.05, 0.1) is 16.7 Å². The highest BCUT2D eigenvalue weighted by molar-refractivity contribution is 7.25. The third kappa shape index (κ3) is 5.93. The van der Waals surface area contributed by atoms with E-state index in [1.807, 2.05) is 11.3 Å². The Morgan fingerprint density at radius 3 is 1.61 bits per heavy atom. The fraction of sp³-hybridized carbons (Fsp3) is 0. The smallest absolute Gasteiger partial charge is 0.164 e. The average Bonchev–Trinajstić information content (AvgIpc) is 3.91. The second-order valence-electron chi connectivity index (χ2n) is 16.4. The van der Waals surface area contributed by atoms with Crippen molar-refractivity contribution >= 4 is 74.9 Å². The Bertz CT molecular complexity index is 3900. The second kappa shape index (κ2) is 14.7. The number of hydrogen-bond donors (Lipinski definition) is 0. The molecule has 0 atom stereocenters. The van der Waals surface area contributed by atoms with E-state index in [4.69, 9.17) is 15.0 Å². The van der Waals surface area contributed by atoms with Crippen molar-refractivity contribution in [1.29, 1.82) is 0 Å². The van der Waals surface area contributed by atoms with Gasteiger partial charge in [-0.3, -0.25) is 0 Å². The Hall–Kier alpha value is -8.25. The predicted molar refractivity (Wildman–Crippen MR) is 269 cm³/mol. The number of aromatic nitrogens is 4. The van der Waals surface area contributed by atoms with Crippen LogP contribution in [0.2, 0.25) is 0 Å². The molecule has 4 nitrogen and oxygen atoms in total. The standard InChI is InChI=1S/C59H36N4S/c1-2-14-38(15-3-1)44-32-31-42(35-54(44)63-52-23-11-8-20-47(52)48-21-9-12-24-53(48)63)58-60-57(61-59(62-58)51-34-41-16-4-5-17-43(41)45-18-6-7-19-46(45)51)39-28-26-37(27-29-39)40-30-33-50-49-22-10-13-25-55(49)64-56(50)36-40/h1-36H. The van der Waals surface area contributed by atoms with Crippen molar-refractivity contribution < 1.29 is 0 Å². The van der Waals surface area contributed by atoms with Gasteiger partial charge < -0.3 is 4.57 Å². The van der Waals surface area contributed by atoms with Crippen molar-refractivity contribution in [3.8, 4) is 62.1 Å². The molecular weight excluding hydrogens is 797 g/mol. The third-order valence-corrected chi connectivity index (χ3v) is 13.8. The van der Waals surface area contributed by atoms with Gasteiger partial charge in [-0.1, -0.05) is 182 Å². The molecule has 0 aliphatic rings. The Balaban J connectivity index is 1.02. The summed E-state index contributed by atoms with van der Waals surface area (Å²) < 4.78 is 4.99. The number of hydrogen-bond acceptors (Lipinski definition) is 4. The van der Waals surface area contributed by atoms with Gasteiger partial charge in [-0.2, -0.15) is 0 Å². The van der Waals surface area contributed by atoms with Crippen LogP contribution in [0.25, 0.3) is 126 Å². The van der Waals surface area contributed by atoms with Gasteiger partial charge in [-0.25, -0.2) is 15.0 Å². The fourth-order valence-corrected chi connectivity index (χ4v) is 10.8. The van der Waals surface area contributed by atoms with Gasteiger partial charge in [-0.05, 0) is 74.6 Å². The van der Waals surface area contributed by atoms with Gasteiger partial charge in [-0.15, -0.1) is 11.3 Å². The van der Waals surface area contributed by atoms with Crippen LogP contribution in [0.4, 0.5) is 0 Å². The molecule has 13 aromatic rings. The number of thiophene rings is 1. The van der Waals surface area contributed by atoms with Crippen LogP contribution in [0.5, 0.6) is 0 Å². The molecule has 13 rings (SSSR count). The molecular formula is C59H36N4S. The van der Waals surface area contributed by atoms with E-state index >= 15 is 0 Å². The van der Waals surface area contributed by atoms with E-state index in [1.165, 1.54) is 47.3 Å². The zero-order valence-corrected chi connectivity index (χ0v) is 35.3. The summed E-state index contributed by atoms with van der Waals surface area (Å²) >= 11 is 1.84. The summed E-state index contributed by atoms with van der Waals surface area (Å²) in [6.07, 6.45) is 0. The molecule has 0 spiro atoms. The van der Waals surface area contributed by atoms with Gasteiger partial charge in [0.15, 0.2) is 17.5 Å². The third-order valence-electron chi connectivity index (χ3n) is 12.7. The highest BCUT2D eigenvalue weighted by Gasteiger charge is 2.20. The fourth-order valence-electron chi connectivity index (χ4n) is 9.61. The Morgan fingerprint density at radius 1 is 0.297 bits per heavy atom. The minimum Gasteiger partial charge on any atom is -0.309 e. The summed E-state index contributed by atoms with van der Waals surface area (Å²) in [6.45, 7) is 0. The number of para-hydroxylation sites is 2. The van der Waals surface area contributed by atoms with E-state index in [-0.39, 0.29) is 0 Å². The molecule has 0 saturated carbocycles. The summed E-state index contributed by atoms with van der Waals surface area (Å²) in [4.78, 5) is 16.0. The molecule has 5 heteroatoms. The summed E-state index contributed by atoms with van der Waals surface area (Å²) in [5, 5.41) is 9.63. The van der Waals surface area contributed by atoms with E-state index in [2.05, 4.69) is 223 Å². The zero-order valence-electron chi connectivity index (χ0n) is 34.5. The summed E-state index contributed by atoms with van der Waals surface area (Å²) in [5.41, 5.74) is 10.7. The van der Waals surface area contributed by atoms with Gasteiger partial charge in [0.25, 0.3) is 0 Å². The molecule has 64 heavy (non-hydrogen) atoms. The molecule has 298 valence electrons. The molecule has 10 aromatic carbocycles. The van der Waals surface area contributed by atoms with Gasteiger partial charge >= 0.3 is 0 Å². The molecule has 3 aromatic heterocycles. The lowest BCUT2D eigenvalue weighted by atomic mass is 9.96. The largest absolute Gasteiger partial charge is 0.309 e. The minimum absolute atomic E-state index is 0.609. The first-order valence-corrected chi connectivity index (χ1v) is 22.4. The number of benzene rings is 10. The molecule has 0 fully saturated rings. The predicted octanol–water partition coefficient (Wildman–Crippen LogP) is 16.0. The highest BCUT2D eigenvalue weighted by Crippen LogP contribution is 2.41. The Morgan fingerprint density at radius 2 is 0.844 bits per heavy atom. The van der Waals surface area contributed by atoms with Crippen molar-refractivity contribution in [2.24, 2.45) is 0 Å². The molecule has 0 amide bonds. The van der Waals surface area contributed by atoms with E-state index in [1.54, 1.807) is 0 Å². The molecule has 0 bridgehead atoms. The first-order chi connectivity index (χ1) is 31.7. The number of rotatable bonds is 6. The number of nitrogens with zero attached hydrogens (tertiary/aromatic N) is 4. The van der Waals surface area contributed by atoms with Crippen molar-refractivity contribution in [2.45, 2.75) is 0 Å². The highest BCUT2D eigenvalue weighted by atomic mass is 32.1. The zero-order chi connectivity index (χ0) is 42.1. The first kappa shape index (κ1) is 36.4. The van der Waals surface area contributed by atoms with E-state index in [0.29, 0.717) is 17.5 Å². The van der Waals surface area contributed by atoms with Crippen LogP contribution >= 0.6 is 11.3 Å². The molecule has 0 unspecified atom stereocenters. The van der Waals surface area contributed by atoms with Crippen LogP contribution in [0.15, 0.2) is 218 Å². The van der Waals surface area contributed by atoms with Crippen LogP contribution in [0.1, 0.15) is 0 Å². The van der Waals surface area contributed by atoms with Crippen molar-refractivity contribution in [3.63, 3.8) is 0 Å². The molecule has 0 aliphatic heterocycles. The monoisotopic (exact) mass is 832 g/mol. The lowest BCUT2D eigenvalue weighted by molar-refractivity contribution is 1.07. The van der Waals surface area contributed by atoms with Crippen molar-refractivity contribution in [1.82, 2.24) is 19.5 Å². The molecule has 0 radical (unpaired) electrons. The lowest BCUT2D eigenvalue weighted by Gasteiger charge is -2.17. The van der Waals surface area contributed by atoms with Crippen LogP contribution in [0.3, 0.4) is 0 Å². The maximum Gasteiger partial charge on any atom is 0.164 e. The summed E-state index contributed by atoms with van der Waals surface area (Å²) in [7, 11) is 0. The Labute approximate surface area is 373 Å². The normalized spacial score (nSPS) is 11.8. The van der Waals surface area contributed by atoms with Gasteiger partial charge in [0, 0.05) is 53.2 Å². The second-order valence-corrected chi connectivity index (χ2v) is 17.4. The topological polar surface area (TPSA) is 43.6 Å². The lowest BCUT2D eigenvalue weighted by Crippen LogP contribution is -2.02. The minimum atomic E-state index is 0.609. The SMILES string of the molecule is c1ccc(-c2ccc(-c3nc(-c4ccc(-c5ccc6c(c5)sc5ccccc56)cc4)nc(-c4cc5ccccc5c5ccccc45)n3)cc2-n2c3ccccc3c3ccccc32)cc1. The molecule has 0 aliphatic carbocycles. The average molecular weight is 833 g/mol. The van der Waals surface area contributed by atoms with Crippen LogP contribution in [-0.4, -0.2) is 19.5 Å². The number of fused-ring (bicyclic) bond motifs is 9. The molecule has 3 heterocycles. The van der Waals surface area contributed by atoms with Crippen LogP contribution in [-0.2, 0) is 0 Å². The van der Waals surface area contributed by atoms with Gasteiger partial charge in [0.2, 0.25) is 0 Å². The maximum atomic E-state index is 5.39. The molecule has 0 N–H and O–H groups in total. The summed E-state index contributed by atoms with van der Waals surface area (Å²) in [5.74, 6) is 1.86. The van der Waals surface area contributed by atoms with Gasteiger partial charge in [0.1, 0.15) is 0 Å². The summed E-state index contributed by atoms with van der Waals surface area (Å²) in [6, 6.07) is 78.1. The van der Waals surface area contributed by atoms with E-state index in [9.17, 15) is 0 Å². The quantitative estimate of drug-likeness (QED) is 0.157. The van der Waals surface area contributed by atoms with Crippen LogP contribution in [0, 0.1) is 0 Å². The molecule has 0 saturated heterocycles. The maximum absolute atomic E-state index is 5.39.